The normalized spacial score (nSPS) is 13.8. The summed E-state index contributed by atoms with van der Waals surface area (Å²) in [5.41, 5.74) is 0.739. The van der Waals surface area contributed by atoms with Crippen LogP contribution in [0.4, 0.5) is 0 Å². The molecule has 0 aliphatic rings. The van der Waals surface area contributed by atoms with Crippen molar-refractivity contribution < 1.29 is 9.90 Å². The number of nitriles is 1. The fraction of sp³-hybridized carbons (Fsp3) is 0.333. The van der Waals surface area contributed by atoms with Crippen LogP contribution in [0.3, 0.4) is 0 Å². The number of amides is 1. The summed E-state index contributed by atoms with van der Waals surface area (Å²) in [6.07, 6.45) is 3.69. The maximum absolute atomic E-state index is 11.7. The van der Waals surface area contributed by atoms with Crippen molar-refractivity contribution in [2.45, 2.75) is 25.8 Å². The van der Waals surface area contributed by atoms with E-state index in [0.29, 0.717) is 12.0 Å². The number of aliphatic hydroxyl groups is 1. The molecule has 1 rings (SSSR count). The van der Waals surface area contributed by atoms with E-state index in [0.717, 1.165) is 5.56 Å². The summed E-state index contributed by atoms with van der Waals surface area (Å²) < 4.78 is 0. The van der Waals surface area contributed by atoms with Crippen LogP contribution in [0, 0.1) is 11.3 Å². The predicted molar refractivity (Wildman–Crippen MR) is 74.1 cm³/mol. The molecule has 1 amide bonds. The van der Waals surface area contributed by atoms with E-state index >= 15 is 0 Å². The lowest BCUT2D eigenvalue weighted by Gasteiger charge is -2.26. The average Bonchev–Trinajstić information content (AvgIpc) is 2.45. The number of nitrogens with one attached hydrogen (secondary N) is 1. The number of hydrogen-bond acceptors (Lipinski definition) is 3. The van der Waals surface area contributed by atoms with E-state index in [1.807, 2.05) is 19.1 Å². The highest BCUT2D eigenvalue weighted by Gasteiger charge is 2.21. The Hall–Kier alpha value is -2.12. The number of benzene rings is 1. The van der Waals surface area contributed by atoms with Gasteiger partial charge in [0.05, 0.1) is 23.8 Å². The maximum atomic E-state index is 11.7. The molecule has 0 saturated carbocycles. The van der Waals surface area contributed by atoms with Crippen molar-refractivity contribution in [1.29, 1.82) is 5.26 Å². The SMILES string of the molecule is CCC(C)(CO)NC(=O)C=Cc1cccc(C#N)c1. The molecule has 0 bridgehead atoms. The molecule has 4 heteroatoms. The molecular weight excluding hydrogens is 240 g/mol. The van der Waals surface area contributed by atoms with Crippen LogP contribution < -0.4 is 5.32 Å². The molecule has 0 aliphatic heterocycles. The molecule has 0 fully saturated rings. The highest BCUT2D eigenvalue weighted by atomic mass is 16.3. The molecule has 100 valence electrons. The van der Waals surface area contributed by atoms with Crippen molar-refractivity contribution in [3.63, 3.8) is 0 Å². The monoisotopic (exact) mass is 258 g/mol. The summed E-state index contributed by atoms with van der Waals surface area (Å²) in [5, 5.41) is 20.7. The van der Waals surface area contributed by atoms with Gasteiger partial charge in [0, 0.05) is 6.08 Å². The van der Waals surface area contributed by atoms with Crippen LogP contribution in [0.1, 0.15) is 31.4 Å². The summed E-state index contributed by atoms with van der Waals surface area (Å²) in [5.74, 6) is -0.263. The van der Waals surface area contributed by atoms with Gasteiger partial charge in [-0.1, -0.05) is 19.1 Å². The first-order chi connectivity index (χ1) is 9.03. The van der Waals surface area contributed by atoms with Crippen LogP contribution in [0.15, 0.2) is 30.3 Å². The van der Waals surface area contributed by atoms with Gasteiger partial charge in [-0.3, -0.25) is 4.79 Å². The van der Waals surface area contributed by atoms with E-state index in [-0.39, 0.29) is 12.5 Å². The lowest BCUT2D eigenvalue weighted by Crippen LogP contribution is -2.47. The molecule has 0 aliphatic carbocycles. The van der Waals surface area contributed by atoms with Gasteiger partial charge in [-0.25, -0.2) is 0 Å². The second-order valence-corrected chi connectivity index (χ2v) is 4.63. The molecular formula is C15H18N2O2. The van der Waals surface area contributed by atoms with Crippen LogP contribution >= 0.6 is 0 Å². The zero-order chi connectivity index (χ0) is 14.3. The third kappa shape index (κ3) is 4.57. The van der Waals surface area contributed by atoms with Gasteiger partial charge in [-0.2, -0.15) is 5.26 Å². The topological polar surface area (TPSA) is 73.1 Å². The van der Waals surface area contributed by atoms with Gasteiger partial charge in [0.15, 0.2) is 0 Å². The number of nitrogens with zero attached hydrogens (tertiary/aromatic N) is 1. The second-order valence-electron chi connectivity index (χ2n) is 4.63. The van der Waals surface area contributed by atoms with E-state index in [2.05, 4.69) is 5.32 Å². The lowest BCUT2D eigenvalue weighted by molar-refractivity contribution is -0.118. The van der Waals surface area contributed by atoms with Crippen LogP contribution in [0.25, 0.3) is 6.08 Å². The lowest BCUT2D eigenvalue weighted by atomic mass is 10.0. The van der Waals surface area contributed by atoms with E-state index in [1.165, 1.54) is 6.08 Å². The quantitative estimate of drug-likeness (QED) is 0.792. The van der Waals surface area contributed by atoms with Crippen molar-refractivity contribution in [3.05, 3.63) is 41.5 Å². The molecule has 0 spiro atoms. The summed E-state index contributed by atoms with van der Waals surface area (Å²) in [6, 6.07) is 9.03. The Bertz CT molecular complexity index is 511. The number of aliphatic hydroxyl groups excluding tert-OH is 1. The summed E-state index contributed by atoms with van der Waals surface area (Å²) in [6.45, 7) is 3.58. The summed E-state index contributed by atoms with van der Waals surface area (Å²) in [4.78, 5) is 11.7. The van der Waals surface area contributed by atoms with E-state index in [9.17, 15) is 9.90 Å². The number of carbonyl (C=O) groups excluding carboxylic acids is 1. The molecule has 0 radical (unpaired) electrons. The fourth-order valence-electron chi connectivity index (χ4n) is 1.46. The minimum Gasteiger partial charge on any atom is -0.394 e. The predicted octanol–water partition coefficient (Wildman–Crippen LogP) is 1.85. The van der Waals surface area contributed by atoms with Crippen molar-refractivity contribution in [3.8, 4) is 6.07 Å². The second kappa shape index (κ2) is 6.72. The standard InChI is InChI=1S/C15H18N2O2/c1-3-15(2,11-18)17-14(19)8-7-12-5-4-6-13(9-12)10-16/h4-9,18H,3,11H2,1-2H3,(H,17,19). The van der Waals surface area contributed by atoms with Gasteiger partial charge in [0.25, 0.3) is 0 Å². The largest absolute Gasteiger partial charge is 0.394 e. The first-order valence-electron chi connectivity index (χ1n) is 6.14. The molecule has 0 aromatic heterocycles. The van der Waals surface area contributed by atoms with Crippen LogP contribution in [-0.2, 0) is 4.79 Å². The van der Waals surface area contributed by atoms with E-state index in [1.54, 1.807) is 31.2 Å². The summed E-state index contributed by atoms with van der Waals surface area (Å²) >= 11 is 0. The smallest absolute Gasteiger partial charge is 0.244 e. The van der Waals surface area contributed by atoms with Gasteiger partial charge in [-0.05, 0) is 37.1 Å². The van der Waals surface area contributed by atoms with Crippen LogP contribution in [-0.4, -0.2) is 23.2 Å². The van der Waals surface area contributed by atoms with E-state index < -0.39 is 5.54 Å². The highest BCUT2D eigenvalue weighted by Crippen LogP contribution is 2.09. The zero-order valence-corrected chi connectivity index (χ0v) is 11.2. The van der Waals surface area contributed by atoms with Crippen molar-refractivity contribution in [2.24, 2.45) is 0 Å². The third-order valence-electron chi connectivity index (χ3n) is 3.00. The van der Waals surface area contributed by atoms with Crippen molar-refractivity contribution in [2.75, 3.05) is 6.61 Å². The van der Waals surface area contributed by atoms with Gasteiger partial charge in [0.2, 0.25) is 5.91 Å². The molecule has 1 aromatic carbocycles. The Balaban J connectivity index is 2.71. The van der Waals surface area contributed by atoms with Gasteiger partial charge in [0.1, 0.15) is 0 Å². The molecule has 0 saturated heterocycles. The molecule has 1 atom stereocenters. The van der Waals surface area contributed by atoms with Crippen LogP contribution in [0.5, 0.6) is 0 Å². The minimum absolute atomic E-state index is 0.104. The Kier molecular flexibility index (Phi) is 5.28. The maximum Gasteiger partial charge on any atom is 0.244 e. The van der Waals surface area contributed by atoms with Crippen molar-refractivity contribution in [1.82, 2.24) is 5.32 Å². The van der Waals surface area contributed by atoms with Crippen LogP contribution in [0.2, 0.25) is 0 Å². The zero-order valence-electron chi connectivity index (χ0n) is 11.2. The molecule has 1 aromatic rings. The minimum atomic E-state index is -0.601. The Morgan fingerprint density at radius 1 is 1.58 bits per heavy atom. The first kappa shape index (κ1) is 14.9. The Morgan fingerprint density at radius 2 is 2.32 bits per heavy atom. The molecule has 1 unspecified atom stereocenters. The molecule has 2 N–H and O–H groups in total. The first-order valence-corrected chi connectivity index (χ1v) is 6.14. The Labute approximate surface area is 113 Å². The fourth-order valence-corrected chi connectivity index (χ4v) is 1.46. The molecule has 4 nitrogen and oxygen atoms in total. The number of hydrogen-bond donors (Lipinski definition) is 2. The van der Waals surface area contributed by atoms with Gasteiger partial charge < -0.3 is 10.4 Å². The third-order valence-corrected chi connectivity index (χ3v) is 3.00. The van der Waals surface area contributed by atoms with Gasteiger partial charge in [-0.15, -0.1) is 0 Å². The summed E-state index contributed by atoms with van der Waals surface area (Å²) in [7, 11) is 0. The van der Waals surface area contributed by atoms with E-state index in [4.69, 9.17) is 5.26 Å². The average molecular weight is 258 g/mol. The van der Waals surface area contributed by atoms with Gasteiger partial charge >= 0.3 is 0 Å². The van der Waals surface area contributed by atoms with Crippen molar-refractivity contribution >= 4 is 12.0 Å². The molecule has 19 heavy (non-hydrogen) atoms. The molecule has 0 heterocycles. The highest BCUT2D eigenvalue weighted by molar-refractivity contribution is 5.92. The number of rotatable bonds is 5. The number of carbonyl (C=O) groups is 1. The Morgan fingerprint density at radius 3 is 2.89 bits per heavy atom.